The molecule has 0 amide bonds. The Labute approximate surface area is 148 Å². The summed E-state index contributed by atoms with van der Waals surface area (Å²) < 4.78 is 24.2. The minimum atomic E-state index is -0.269. The van der Waals surface area contributed by atoms with E-state index < -0.39 is 0 Å². The zero-order valence-electron chi connectivity index (χ0n) is 13.3. The van der Waals surface area contributed by atoms with Gasteiger partial charge in [0.1, 0.15) is 11.5 Å². The predicted molar refractivity (Wildman–Crippen MR) is 93.6 cm³/mol. The molecule has 1 fully saturated rings. The van der Waals surface area contributed by atoms with E-state index in [-0.39, 0.29) is 12.1 Å². The third-order valence-corrected chi connectivity index (χ3v) is 4.90. The Morgan fingerprint density at radius 1 is 1.04 bits per heavy atom. The molecule has 1 N–H and O–H groups in total. The molecular formula is C18H16FN3O2S. The monoisotopic (exact) mass is 357 g/mol. The maximum atomic E-state index is 13.3. The first kappa shape index (κ1) is 16.3. The molecule has 0 unspecified atom stereocenters. The predicted octanol–water partition coefficient (Wildman–Crippen LogP) is 3.74. The molecule has 0 bridgehead atoms. The van der Waals surface area contributed by atoms with Crippen LogP contribution in [0.2, 0.25) is 0 Å². The average molecular weight is 357 g/mol. The number of rotatable bonds is 5. The molecule has 1 aliphatic rings. The van der Waals surface area contributed by atoms with E-state index >= 15 is 0 Å². The van der Waals surface area contributed by atoms with Crippen molar-refractivity contribution < 1.29 is 13.9 Å². The van der Waals surface area contributed by atoms with Crippen molar-refractivity contribution in [2.45, 2.75) is 11.3 Å². The van der Waals surface area contributed by atoms with Crippen molar-refractivity contribution in [2.24, 2.45) is 0 Å². The van der Waals surface area contributed by atoms with E-state index in [1.807, 2.05) is 12.1 Å². The van der Waals surface area contributed by atoms with E-state index in [0.29, 0.717) is 19.0 Å². The van der Waals surface area contributed by atoms with Gasteiger partial charge in [0.15, 0.2) is 6.29 Å². The Hall–Kier alpha value is -2.22. The number of thioether (sulfide) groups is 1. The third kappa shape index (κ3) is 3.58. The zero-order valence-corrected chi connectivity index (χ0v) is 14.1. The van der Waals surface area contributed by atoms with Crippen LogP contribution in [0, 0.1) is 5.82 Å². The molecule has 25 heavy (non-hydrogen) atoms. The van der Waals surface area contributed by atoms with Crippen LogP contribution in [0.3, 0.4) is 0 Å². The molecular weight excluding hydrogens is 341 g/mol. The number of hydrogen-bond donors (Lipinski definition) is 1. The molecule has 1 aliphatic heterocycles. The fraction of sp³-hybridized carbons (Fsp3) is 0.222. The van der Waals surface area contributed by atoms with Crippen LogP contribution in [-0.2, 0) is 9.47 Å². The minimum Gasteiger partial charge on any atom is -0.349 e. The van der Waals surface area contributed by atoms with Crippen LogP contribution >= 0.6 is 11.8 Å². The molecule has 3 aromatic rings. The van der Waals surface area contributed by atoms with Crippen LogP contribution in [0.5, 0.6) is 0 Å². The second kappa shape index (κ2) is 7.35. The van der Waals surface area contributed by atoms with Crippen LogP contribution in [0.15, 0.2) is 53.8 Å². The van der Waals surface area contributed by atoms with Gasteiger partial charge in [-0.2, -0.15) is 5.10 Å². The zero-order chi connectivity index (χ0) is 17.1. The lowest BCUT2D eigenvalue weighted by atomic mass is 10.0. The highest BCUT2D eigenvalue weighted by molar-refractivity contribution is 7.99. The van der Waals surface area contributed by atoms with E-state index in [1.165, 1.54) is 12.1 Å². The Kier molecular flexibility index (Phi) is 4.78. The Bertz CT molecular complexity index is 833. The van der Waals surface area contributed by atoms with Crippen LogP contribution < -0.4 is 0 Å². The second-order valence-electron chi connectivity index (χ2n) is 5.50. The highest BCUT2D eigenvalue weighted by Crippen LogP contribution is 2.38. The van der Waals surface area contributed by atoms with Crippen molar-refractivity contribution in [3.63, 3.8) is 0 Å². The lowest BCUT2D eigenvalue weighted by molar-refractivity contribution is -0.0214. The van der Waals surface area contributed by atoms with Gasteiger partial charge in [0.2, 0.25) is 0 Å². The maximum Gasteiger partial charge on any atom is 0.167 e. The van der Waals surface area contributed by atoms with Crippen molar-refractivity contribution in [1.29, 1.82) is 0 Å². The quantitative estimate of drug-likeness (QED) is 0.705. The van der Waals surface area contributed by atoms with E-state index in [0.717, 1.165) is 27.4 Å². The van der Waals surface area contributed by atoms with E-state index in [4.69, 9.17) is 9.47 Å². The lowest BCUT2D eigenvalue weighted by Gasteiger charge is -2.09. The average Bonchev–Trinajstić information content (AvgIpc) is 3.31. The SMILES string of the molecule is Fc1ccc(-c2n[nH]c(SCC3OCCO3)c2-c2ccncc2)cc1. The Morgan fingerprint density at radius 3 is 2.48 bits per heavy atom. The van der Waals surface area contributed by atoms with Gasteiger partial charge in [0.05, 0.1) is 24.0 Å². The molecule has 0 radical (unpaired) electrons. The normalized spacial score (nSPS) is 14.9. The number of nitrogens with zero attached hydrogens (tertiary/aromatic N) is 2. The minimum absolute atomic E-state index is 0.201. The van der Waals surface area contributed by atoms with Gasteiger partial charge < -0.3 is 9.47 Å². The third-order valence-electron chi connectivity index (χ3n) is 3.87. The molecule has 4 rings (SSSR count). The lowest BCUT2D eigenvalue weighted by Crippen LogP contribution is -2.10. The molecule has 5 nitrogen and oxygen atoms in total. The van der Waals surface area contributed by atoms with Gasteiger partial charge in [0, 0.05) is 23.5 Å². The molecule has 0 saturated carbocycles. The summed E-state index contributed by atoms with van der Waals surface area (Å²) in [5.74, 6) is 0.401. The summed E-state index contributed by atoms with van der Waals surface area (Å²) in [6, 6.07) is 10.2. The van der Waals surface area contributed by atoms with Gasteiger partial charge in [-0.25, -0.2) is 4.39 Å². The molecule has 0 atom stereocenters. The largest absolute Gasteiger partial charge is 0.349 e. The van der Waals surface area contributed by atoms with Crippen molar-refractivity contribution in [3.05, 3.63) is 54.6 Å². The fourth-order valence-electron chi connectivity index (χ4n) is 2.69. The van der Waals surface area contributed by atoms with E-state index in [2.05, 4.69) is 15.2 Å². The van der Waals surface area contributed by atoms with Crippen molar-refractivity contribution in [3.8, 4) is 22.4 Å². The summed E-state index contributed by atoms with van der Waals surface area (Å²) in [7, 11) is 0. The van der Waals surface area contributed by atoms with Crippen LogP contribution in [0.4, 0.5) is 4.39 Å². The van der Waals surface area contributed by atoms with E-state index in [1.54, 1.807) is 36.3 Å². The van der Waals surface area contributed by atoms with Gasteiger partial charge in [-0.05, 0) is 42.0 Å². The first-order valence-corrected chi connectivity index (χ1v) is 8.90. The molecule has 2 aromatic heterocycles. The number of nitrogens with one attached hydrogen (secondary N) is 1. The summed E-state index contributed by atoms with van der Waals surface area (Å²) in [6.07, 6.45) is 3.29. The Balaban J connectivity index is 1.70. The van der Waals surface area contributed by atoms with Gasteiger partial charge in [-0.15, -0.1) is 11.8 Å². The molecule has 0 aliphatic carbocycles. The summed E-state index contributed by atoms with van der Waals surface area (Å²) in [6.45, 7) is 1.26. The van der Waals surface area contributed by atoms with Crippen LogP contribution in [0.1, 0.15) is 0 Å². The fourth-order valence-corrected chi connectivity index (χ4v) is 3.65. The smallest absolute Gasteiger partial charge is 0.167 e. The number of hydrogen-bond acceptors (Lipinski definition) is 5. The molecule has 0 spiro atoms. The van der Waals surface area contributed by atoms with Gasteiger partial charge >= 0.3 is 0 Å². The standard InChI is InChI=1S/C18H16FN3O2S/c19-14-3-1-13(2-4-14)17-16(12-5-7-20-8-6-12)18(22-21-17)25-11-15-23-9-10-24-15/h1-8,15H,9-11H2,(H,21,22). The molecule has 3 heterocycles. The number of benzene rings is 1. The highest BCUT2D eigenvalue weighted by Gasteiger charge is 2.21. The van der Waals surface area contributed by atoms with Crippen molar-refractivity contribution in [2.75, 3.05) is 19.0 Å². The topological polar surface area (TPSA) is 60.0 Å². The van der Waals surface area contributed by atoms with Gasteiger partial charge in [-0.3, -0.25) is 10.1 Å². The number of aromatic amines is 1. The summed E-state index contributed by atoms with van der Waals surface area (Å²) in [5.41, 5.74) is 3.60. The first-order valence-electron chi connectivity index (χ1n) is 7.92. The summed E-state index contributed by atoms with van der Waals surface area (Å²) >= 11 is 1.60. The highest BCUT2D eigenvalue weighted by atomic mass is 32.2. The second-order valence-corrected chi connectivity index (χ2v) is 6.53. The van der Waals surface area contributed by atoms with E-state index in [9.17, 15) is 4.39 Å². The molecule has 1 aromatic carbocycles. The molecule has 1 saturated heterocycles. The summed E-state index contributed by atoms with van der Waals surface area (Å²) in [5, 5.41) is 8.49. The molecule has 128 valence electrons. The van der Waals surface area contributed by atoms with Crippen molar-refractivity contribution in [1.82, 2.24) is 15.2 Å². The first-order chi connectivity index (χ1) is 12.3. The maximum absolute atomic E-state index is 13.3. The van der Waals surface area contributed by atoms with Crippen LogP contribution in [0.25, 0.3) is 22.4 Å². The molecule has 7 heteroatoms. The number of ether oxygens (including phenoxy) is 2. The Morgan fingerprint density at radius 2 is 1.76 bits per heavy atom. The number of aromatic nitrogens is 3. The number of halogens is 1. The van der Waals surface area contributed by atoms with Gasteiger partial charge in [0.25, 0.3) is 0 Å². The van der Waals surface area contributed by atoms with Crippen molar-refractivity contribution >= 4 is 11.8 Å². The number of pyridine rings is 1. The van der Waals surface area contributed by atoms with Crippen LogP contribution in [-0.4, -0.2) is 40.4 Å². The summed E-state index contributed by atoms with van der Waals surface area (Å²) in [4.78, 5) is 4.08. The number of H-pyrrole nitrogens is 1. The van der Waals surface area contributed by atoms with Gasteiger partial charge in [-0.1, -0.05) is 0 Å².